The summed E-state index contributed by atoms with van der Waals surface area (Å²) in [4.78, 5) is 17.0. The van der Waals surface area contributed by atoms with Crippen molar-refractivity contribution in [1.29, 1.82) is 0 Å². The van der Waals surface area contributed by atoms with Crippen molar-refractivity contribution in [3.8, 4) is 11.4 Å². The van der Waals surface area contributed by atoms with Gasteiger partial charge < -0.3 is 20.7 Å². The van der Waals surface area contributed by atoms with Crippen LogP contribution in [0.1, 0.15) is 34.2 Å². The van der Waals surface area contributed by atoms with E-state index in [1.54, 1.807) is 31.4 Å². The monoisotopic (exact) mass is 448 g/mol. The summed E-state index contributed by atoms with van der Waals surface area (Å²) in [6.07, 6.45) is 0. The van der Waals surface area contributed by atoms with Crippen LogP contribution in [0.5, 0.6) is 5.75 Å². The van der Waals surface area contributed by atoms with Gasteiger partial charge in [-0.2, -0.15) is 5.10 Å². The van der Waals surface area contributed by atoms with Crippen molar-refractivity contribution in [2.24, 2.45) is 4.99 Å². The average Bonchev–Trinajstić information content (AvgIpc) is 3.17. The van der Waals surface area contributed by atoms with Crippen LogP contribution in [0, 0.1) is 13.8 Å². The Morgan fingerprint density at radius 1 is 1.03 bits per heavy atom. The molecule has 3 aromatic rings. The molecule has 3 N–H and O–H groups in total. The molecule has 0 fully saturated rings. The highest BCUT2D eigenvalue weighted by atomic mass is 16.5. The zero-order chi connectivity index (χ0) is 23.6. The minimum absolute atomic E-state index is 0.125. The van der Waals surface area contributed by atoms with Gasteiger partial charge in [0.15, 0.2) is 5.96 Å². The Labute approximate surface area is 195 Å². The summed E-state index contributed by atoms with van der Waals surface area (Å²) in [7, 11) is 1.60. The molecule has 0 saturated heterocycles. The van der Waals surface area contributed by atoms with E-state index in [0.29, 0.717) is 31.2 Å². The molecule has 1 aromatic heterocycles. The number of nitrogens with one attached hydrogen (secondary N) is 3. The Bertz CT molecular complexity index is 1090. The SMILES string of the molecule is CCNC(=NCc1ccccc1-n1nc(C)cc1C)NCCNC(=O)c1ccc(OC)cc1. The zero-order valence-electron chi connectivity index (χ0n) is 19.7. The molecule has 3 rings (SSSR count). The third-order valence-corrected chi connectivity index (χ3v) is 5.04. The van der Waals surface area contributed by atoms with Crippen LogP contribution in [0.3, 0.4) is 0 Å². The summed E-state index contributed by atoms with van der Waals surface area (Å²) in [5, 5.41) is 14.0. The zero-order valence-corrected chi connectivity index (χ0v) is 19.7. The van der Waals surface area contributed by atoms with Crippen molar-refractivity contribution in [2.75, 3.05) is 26.7 Å². The van der Waals surface area contributed by atoms with Crippen molar-refractivity contribution in [2.45, 2.75) is 27.3 Å². The standard InChI is InChI=1S/C25H32N6O2/c1-5-26-25(28-15-14-27-24(32)20-10-12-22(33-4)13-11-20)29-17-21-8-6-7-9-23(21)31-19(3)16-18(2)30-31/h6-13,16H,5,14-15,17H2,1-4H3,(H,27,32)(H2,26,28,29). The highest BCUT2D eigenvalue weighted by Crippen LogP contribution is 2.17. The van der Waals surface area contributed by atoms with Crippen LogP contribution in [0.15, 0.2) is 59.6 Å². The van der Waals surface area contributed by atoms with Gasteiger partial charge in [-0.25, -0.2) is 9.67 Å². The van der Waals surface area contributed by atoms with Crippen LogP contribution in [0.2, 0.25) is 0 Å². The van der Waals surface area contributed by atoms with E-state index in [9.17, 15) is 4.79 Å². The first kappa shape index (κ1) is 23.8. The van der Waals surface area contributed by atoms with Gasteiger partial charge in [0, 0.05) is 30.9 Å². The molecular formula is C25H32N6O2. The number of aryl methyl sites for hydroxylation is 2. The largest absolute Gasteiger partial charge is 0.497 e. The maximum atomic E-state index is 12.3. The molecule has 0 atom stereocenters. The van der Waals surface area contributed by atoms with Gasteiger partial charge in [-0.05, 0) is 62.7 Å². The first-order chi connectivity index (χ1) is 16.0. The molecule has 1 amide bonds. The summed E-state index contributed by atoms with van der Waals surface area (Å²) in [5.41, 5.74) is 4.76. The summed E-state index contributed by atoms with van der Waals surface area (Å²) in [6, 6.07) is 17.2. The van der Waals surface area contributed by atoms with Crippen LogP contribution in [-0.2, 0) is 6.54 Å². The van der Waals surface area contributed by atoms with Crippen LogP contribution in [0.25, 0.3) is 5.69 Å². The molecule has 0 bridgehead atoms. The van der Waals surface area contributed by atoms with E-state index in [2.05, 4.69) is 39.2 Å². The molecule has 0 spiro atoms. The average molecular weight is 449 g/mol. The van der Waals surface area contributed by atoms with Crippen LogP contribution in [-0.4, -0.2) is 48.4 Å². The van der Waals surface area contributed by atoms with E-state index >= 15 is 0 Å². The molecule has 0 unspecified atom stereocenters. The van der Waals surface area contributed by atoms with Crippen molar-refractivity contribution >= 4 is 11.9 Å². The summed E-state index contributed by atoms with van der Waals surface area (Å²) >= 11 is 0. The smallest absolute Gasteiger partial charge is 0.251 e. The van der Waals surface area contributed by atoms with E-state index < -0.39 is 0 Å². The molecule has 0 aliphatic carbocycles. The highest BCUT2D eigenvalue weighted by Gasteiger charge is 2.09. The van der Waals surface area contributed by atoms with Crippen LogP contribution < -0.4 is 20.7 Å². The summed E-state index contributed by atoms with van der Waals surface area (Å²) < 4.78 is 7.08. The van der Waals surface area contributed by atoms with Gasteiger partial charge in [-0.1, -0.05) is 18.2 Å². The number of benzene rings is 2. The molecule has 0 aliphatic heterocycles. The number of hydrogen-bond donors (Lipinski definition) is 3. The third-order valence-electron chi connectivity index (χ3n) is 5.04. The molecular weight excluding hydrogens is 416 g/mol. The number of carbonyl (C=O) groups is 1. The summed E-state index contributed by atoms with van der Waals surface area (Å²) in [6.45, 7) is 8.32. The third kappa shape index (κ3) is 6.58. The van der Waals surface area contributed by atoms with Gasteiger partial charge in [0.1, 0.15) is 5.75 Å². The minimum atomic E-state index is -0.125. The maximum Gasteiger partial charge on any atom is 0.251 e. The normalized spacial score (nSPS) is 11.2. The molecule has 0 aliphatic rings. The molecule has 8 heteroatoms. The van der Waals surface area contributed by atoms with E-state index in [-0.39, 0.29) is 5.91 Å². The number of ether oxygens (including phenoxy) is 1. The number of carbonyl (C=O) groups excluding carboxylic acids is 1. The topological polar surface area (TPSA) is 92.6 Å². The van der Waals surface area contributed by atoms with Crippen molar-refractivity contribution in [1.82, 2.24) is 25.7 Å². The summed E-state index contributed by atoms with van der Waals surface area (Å²) in [5.74, 6) is 1.29. The number of nitrogens with zero attached hydrogens (tertiary/aromatic N) is 3. The predicted molar refractivity (Wildman–Crippen MR) is 131 cm³/mol. The Hall–Kier alpha value is -3.81. The lowest BCUT2D eigenvalue weighted by atomic mass is 10.2. The van der Waals surface area contributed by atoms with E-state index in [4.69, 9.17) is 9.73 Å². The Morgan fingerprint density at radius 2 is 1.76 bits per heavy atom. The van der Waals surface area contributed by atoms with E-state index in [0.717, 1.165) is 34.9 Å². The fourth-order valence-corrected chi connectivity index (χ4v) is 3.43. The molecule has 1 heterocycles. The number of hydrogen-bond acceptors (Lipinski definition) is 4. The number of aromatic nitrogens is 2. The van der Waals surface area contributed by atoms with E-state index in [1.165, 1.54) is 0 Å². The number of methoxy groups -OCH3 is 1. The van der Waals surface area contributed by atoms with Crippen molar-refractivity contribution in [3.05, 3.63) is 77.1 Å². The molecule has 0 radical (unpaired) electrons. The second-order valence-corrected chi connectivity index (χ2v) is 7.57. The molecule has 33 heavy (non-hydrogen) atoms. The number of aliphatic imine (C=N–C) groups is 1. The van der Waals surface area contributed by atoms with Crippen molar-refractivity contribution < 1.29 is 9.53 Å². The quantitative estimate of drug-likeness (QED) is 0.266. The number of guanidine groups is 1. The second kappa shape index (κ2) is 11.7. The first-order valence-corrected chi connectivity index (χ1v) is 11.1. The molecule has 2 aromatic carbocycles. The number of rotatable bonds is 9. The minimum Gasteiger partial charge on any atom is -0.497 e. The van der Waals surface area contributed by atoms with Crippen LogP contribution >= 0.6 is 0 Å². The Morgan fingerprint density at radius 3 is 2.42 bits per heavy atom. The first-order valence-electron chi connectivity index (χ1n) is 11.1. The van der Waals surface area contributed by atoms with Crippen molar-refractivity contribution in [3.63, 3.8) is 0 Å². The Balaban J connectivity index is 1.58. The van der Waals surface area contributed by atoms with Gasteiger partial charge in [-0.3, -0.25) is 4.79 Å². The number of amides is 1. The van der Waals surface area contributed by atoms with Crippen LogP contribution in [0.4, 0.5) is 0 Å². The maximum absolute atomic E-state index is 12.3. The van der Waals surface area contributed by atoms with Gasteiger partial charge >= 0.3 is 0 Å². The highest BCUT2D eigenvalue weighted by molar-refractivity contribution is 5.94. The lowest BCUT2D eigenvalue weighted by Crippen LogP contribution is -2.41. The number of para-hydroxylation sites is 1. The molecule has 174 valence electrons. The van der Waals surface area contributed by atoms with Gasteiger partial charge in [-0.15, -0.1) is 0 Å². The Kier molecular flexibility index (Phi) is 8.46. The van der Waals surface area contributed by atoms with Gasteiger partial charge in [0.25, 0.3) is 5.91 Å². The van der Waals surface area contributed by atoms with Gasteiger partial charge in [0.05, 0.1) is 25.0 Å². The van der Waals surface area contributed by atoms with Gasteiger partial charge in [0.2, 0.25) is 0 Å². The second-order valence-electron chi connectivity index (χ2n) is 7.57. The predicted octanol–water partition coefficient (Wildman–Crippen LogP) is 2.98. The lowest BCUT2D eigenvalue weighted by molar-refractivity contribution is 0.0954. The molecule has 0 saturated carbocycles. The molecule has 8 nitrogen and oxygen atoms in total. The fraction of sp³-hybridized carbons (Fsp3) is 0.320. The fourth-order valence-electron chi connectivity index (χ4n) is 3.43. The van der Waals surface area contributed by atoms with E-state index in [1.807, 2.05) is 37.6 Å². The lowest BCUT2D eigenvalue weighted by Gasteiger charge is -2.13.